The molecule has 1 aromatic rings. The molecule has 0 aromatic heterocycles. The van der Waals surface area contributed by atoms with Crippen LogP contribution in [0, 0.1) is 0 Å². The Morgan fingerprint density at radius 3 is 2.41 bits per heavy atom. The van der Waals surface area contributed by atoms with Gasteiger partial charge in [-0.3, -0.25) is 4.99 Å². The third kappa shape index (κ3) is 2.35. The molecule has 0 aliphatic carbocycles. The summed E-state index contributed by atoms with van der Waals surface area (Å²) in [5.41, 5.74) is 2.79. The van der Waals surface area contributed by atoms with E-state index in [2.05, 4.69) is 4.99 Å². The SMILES string of the molecule is COc1cc2c(cc1OC)C(C(Cl)Cl)=NCC2. The Kier molecular flexibility index (Phi) is 3.79. The van der Waals surface area contributed by atoms with Crippen molar-refractivity contribution in [2.24, 2.45) is 4.99 Å². The molecule has 0 amide bonds. The zero-order valence-corrected chi connectivity index (χ0v) is 11.2. The third-order valence-corrected chi connectivity index (χ3v) is 3.17. The largest absolute Gasteiger partial charge is 0.493 e. The third-order valence-electron chi connectivity index (χ3n) is 2.76. The van der Waals surface area contributed by atoms with Crippen molar-refractivity contribution in [3.63, 3.8) is 0 Å². The first-order valence-corrected chi connectivity index (χ1v) is 6.12. The van der Waals surface area contributed by atoms with Gasteiger partial charge >= 0.3 is 0 Å². The normalized spacial score (nSPS) is 14.3. The molecule has 0 saturated heterocycles. The molecule has 2 rings (SSSR count). The predicted molar refractivity (Wildman–Crippen MR) is 70.1 cm³/mol. The lowest BCUT2D eigenvalue weighted by Gasteiger charge is -2.20. The molecule has 0 bridgehead atoms. The van der Waals surface area contributed by atoms with Gasteiger partial charge in [-0.05, 0) is 24.1 Å². The molecule has 5 heteroatoms. The number of halogens is 2. The molecule has 0 saturated carbocycles. The second-order valence-corrected chi connectivity index (χ2v) is 4.78. The molecule has 92 valence electrons. The van der Waals surface area contributed by atoms with Gasteiger partial charge in [0, 0.05) is 12.1 Å². The van der Waals surface area contributed by atoms with Gasteiger partial charge in [-0.15, -0.1) is 0 Å². The zero-order valence-electron chi connectivity index (χ0n) is 9.67. The Balaban J connectivity index is 2.53. The van der Waals surface area contributed by atoms with Gasteiger partial charge in [-0.25, -0.2) is 0 Å². The summed E-state index contributed by atoms with van der Waals surface area (Å²) in [5, 5.41) is 0. The first kappa shape index (κ1) is 12.5. The van der Waals surface area contributed by atoms with E-state index in [0.29, 0.717) is 23.8 Å². The summed E-state index contributed by atoms with van der Waals surface area (Å²) in [4.78, 5) is 3.74. The molecule has 0 unspecified atom stereocenters. The van der Waals surface area contributed by atoms with Crippen molar-refractivity contribution < 1.29 is 9.47 Å². The molecule has 3 nitrogen and oxygen atoms in total. The van der Waals surface area contributed by atoms with Gasteiger partial charge in [0.25, 0.3) is 0 Å². The summed E-state index contributed by atoms with van der Waals surface area (Å²) in [5.74, 6) is 1.38. The maximum Gasteiger partial charge on any atom is 0.161 e. The summed E-state index contributed by atoms with van der Waals surface area (Å²) < 4.78 is 10.5. The van der Waals surface area contributed by atoms with E-state index < -0.39 is 4.84 Å². The molecule has 1 aromatic carbocycles. The van der Waals surface area contributed by atoms with Crippen LogP contribution < -0.4 is 9.47 Å². The average molecular weight is 274 g/mol. The Morgan fingerprint density at radius 2 is 1.82 bits per heavy atom. The number of benzene rings is 1. The first-order chi connectivity index (χ1) is 8.17. The predicted octanol–water partition coefficient (Wildman–Crippen LogP) is 2.85. The summed E-state index contributed by atoms with van der Waals surface area (Å²) in [6.07, 6.45) is 0.861. The topological polar surface area (TPSA) is 30.8 Å². The van der Waals surface area contributed by atoms with Crippen molar-refractivity contribution >= 4 is 28.9 Å². The van der Waals surface area contributed by atoms with Crippen LogP contribution >= 0.6 is 23.2 Å². The monoisotopic (exact) mass is 273 g/mol. The van der Waals surface area contributed by atoms with Crippen LogP contribution in [-0.2, 0) is 6.42 Å². The molecule has 1 aliphatic heterocycles. The summed E-state index contributed by atoms with van der Waals surface area (Å²) in [6, 6.07) is 3.84. The van der Waals surface area contributed by atoms with Crippen LogP contribution in [0.5, 0.6) is 11.5 Å². The molecule has 1 aliphatic rings. The van der Waals surface area contributed by atoms with Crippen LogP contribution in [0.2, 0.25) is 0 Å². The molecule has 0 spiro atoms. The highest BCUT2D eigenvalue weighted by Gasteiger charge is 2.22. The summed E-state index contributed by atoms with van der Waals surface area (Å²) in [7, 11) is 3.22. The molecule has 0 fully saturated rings. The minimum atomic E-state index is -0.618. The van der Waals surface area contributed by atoms with Crippen LogP contribution in [0.3, 0.4) is 0 Å². The van der Waals surface area contributed by atoms with Crippen molar-refractivity contribution in [3.05, 3.63) is 23.3 Å². The number of methoxy groups -OCH3 is 2. The highest BCUT2D eigenvalue weighted by atomic mass is 35.5. The molecule has 0 atom stereocenters. The molecular weight excluding hydrogens is 261 g/mol. The molecule has 0 N–H and O–H groups in total. The van der Waals surface area contributed by atoms with Crippen molar-refractivity contribution in [2.75, 3.05) is 20.8 Å². The Labute approximate surface area is 110 Å². The van der Waals surface area contributed by atoms with Crippen LogP contribution in [0.15, 0.2) is 17.1 Å². The van der Waals surface area contributed by atoms with E-state index in [1.807, 2.05) is 12.1 Å². The Hall–Kier alpha value is -0.930. The maximum atomic E-state index is 5.92. The molecule has 1 heterocycles. The highest BCUT2D eigenvalue weighted by Crippen LogP contribution is 2.33. The fraction of sp³-hybridized carbons (Fsp3) is 0.417. The van der Waals surface area contributed by atoms with Crippen LogP contribution in [-0.4, -0.2) is 31.3 Å². The van der Waals surface area contributed by atoms with Crippen LogP contribution in [0.1, 0.15) is 11.1 Å². The number of hydrogen-bond acceptors (Lipinski definition) is 3. The number of alkyl halides is 2. The number of ether oxygens (including phenoxy) is 2. The van der Waals surface area contributed by atoms with E-state index >= 15 is 0 Å². The number of fused-ring (bicyclic) bond motifs is 1. The second-order valence-electron chi connectivity index (χ2n) is 3.68. The van der Waals surface area contributed by atoms with E-state index in [9.17, 15) is 0 Å². The van der Waals surface area contributed by atoms with Crippen LogP contribution in [0.25, 0.3) is 0 Å². The smallest absolute Gasteiger partial charge is 0.161 e. The summed E-state index contributed by atoms with van der Waals surface area (Å²) >= 11 is 11.8. The van der Waals surface area contributed by atoms with Crippen molar-refractivity contribution in [2.45, 2.75) is 11.3 Å². The van der Waals surface area contributed by atoms with E-state index in [4.69, 9.17) is 32.7 Å². The minimum absolute atomic E-state index is 0.618. The lowest BCUT2D eigenvalue weighted by atomic mass is 9.97. The van der Waals surface area contributed by atoms with E-state index in [-0.39, 0.29) is 0 Å². The number of nitrogens with zero attached hydrogens (tertiary/aromatic N) is 1. The van der Waals surface area contributed by atoms with E-state index in [1.54, 1.807) is 14.2 Å². The maximum absolute atomic E-state index is 5.92. The first-order valence-electron chi connectivity index (χ1n) is 5.25. The standard InChI is InChI=1S/C12H13Cl2NO2/c1-16-9-5-7-3-4-15-11(12(13)14)8(7)6-10(9)17-2/h5-6,12H,3-4H2,1-2H3. The van der Waals surface area contributed by atoms with Gasteiger partial charge in [-0.1, -0.05) is 23.2 Å². The van der Waals surface area contributed by atoms with Gasteiger partial charge in [-0.2, -0.15) is 0 Å². The second kappa shape index (κ2) is 5.15. The van der Waals surface area contributed by atoms with Gasteiger partial charge < -0.3 is 9.47 Å². The van der Waals surface area contributed by atoms with Crippen molar-refractivity contribution in [3.8, 4) is 11.5 Å². The number of hydrogen-bond donors (Lipinski definition) is 0. The Bertz CT molecular complexity index is 458. The molecular formula is C12H13Cl2NO2. The molecule has 0 radical (unpaired) electrons. The average Bonchev–Trinajstić information content (AvgIpc) is 2.35. The van der Waals surface area contributed by atoms with Gasteiger partial charge in [0.15, 0.2) is 11.5 Å². The fourth-order valence-corrected chi connectivity index (χ4v) is 2.31. The van der Waals surface area contributed by atoms with Gasteiger partial charge in [0.2, 0.25) is 0 Å². The van der Waals surface area contributed by atoms with E-state index in [0.717, 1.165) is 17.5 Å². The van der Waals surface area contributed by atoms with Crippen molar-refractivity contribution in [1.82, 2.24) is 0 Å². The van der Waals surface area contributed by atoms with Gasteiger partial charge in [0.1, 0.15) is 4.84 Å². The van der Waals surface area contributed by atoms with Crippen LogP contribution in [0.4, 0.5) is 0 Å². The minimum Gasteiger partial charge on any atom is -0.493 e. The molecule has 17 heavy (non-hydrogen) atoms. The highest BCUT2D eigenvalue weighted by molar-refractivity contribution is 6.56. The van der Waals surface area contributed by atoms with Gasteiger partial charge in [0.05, 0.1) is 19.9 Å². The fourth-order valence-electron chi connectivity index (χ4n) is 1.93. The Morgan fingerprint density at radius 1 is 1.18 bits per heavy atom. The van der Waals surface area contributed by atoms with E-state index in [1.165, 1.54) is 0 Å². The zero-order chi connectivity index (χ0) is 12.4. The number of aliphatic imine (C=N–C) groups is 1. The van der Waals surface area contributed by atoms with Crippen molar-refractivity contribution in [1.29, 1.82) is 0 Å². The number of rotatable bonds is 3. The lowest BCUT2D eigenvalue weighted by molar-refractivity contribution is 0.354. The lowest BCUT2D eigenvalue weighted by Crippen LogP contribution is -2.19. The quantitative estimate of drug-likeness (QED) is 0.793. The summed E-state index contributed by atoms with van der Waals surface area (Å²) in [6.45, 7) is 0.702.